The molecule has 0 aromatic carbocycles. The van der Waals surface area contributed by atoms with E-state index in [0.717, 1.165) is 25.7 Å². The van der Waals surface area contributed by atoms with E-state index in [1.807, 2.05) is 0 Å². The fourth-order valence-corrected chi connectivity index (χ4v) is 6.93. The van der Waals surface area contributed by atoms with Gasteiger partial charge >= 0.3 is 162 Å². The third-order valence-corrected chi connectivity index (χ3v) is 9.48. The van der Waals surface area contributed by atoms with Gasteiger partial charge in [-0.3, -0.25) is 0 Å². The van der Waals surface area contributed by atoms with Crippen molar-refractivity contribution in [3.8, 4) is 0 Å². The quantitative estimate of drug-likeness (QED) is 0.161. The monoisotopic (exact) mass is 418 g/mol. The molecule has 2 nitrogen and oxygen atoms in total. The summed E-state index contributed by atoms with van der Waals surface area (Å²) in [6.07, 6.45) is 22.9. The van der Waals surface area contributed by atoms with Gasteiger partial charge in [0.25, 0.3) is 0 Å². The first-order valence-electron chi connectivity index (χ1n) is 11.4. The normalized spacial score (nSPS) is 12.0. The van der Waals surface area contributed by atoms with E-state index in [9.17, 15) is 7.84 Å². The Morgan fingerprint density at radius 2 is 0.720 bits per heavy atom. The summed E-state index contributed by atoms with van der Waals surface area (Å²) in [4.78, 5) is 0. The molecule has 0 aliphatic rings. The Balaban J connectivity index is 3.34. The molecule has 0 aliphatic carbocycles. The molecular formula is C22H47AsO2. The summed E-state index contributed by atoms with van der Waals surface area (Å²) in [5, 5.41) is 1.23. The van der Waals surface area contributed by atoms with E-state index in [1.54, 1.807) is 0 Å². The second-order valence-electron chi connectivity index (χ2n) is 7.95. The van der Waals surface area contributed by atoms with Crippen molar-refractivity contribution in [2.75, 3.05) is 0 Å². The maximum atomic E-state index is 12.2. The van der Waals surface area contributed by atoms with Crippen LogP contribution in [0.3, 0.4) is 0 Å². The molecule has 25 heavy (non-hydrogen) atoms. The van der Waals surface area contributed by atoms with Gasteiger partial charge in [0.1, 0.15) is 0 Å². The SMILES string of the molecule is CCCCCCCCCCC[As](=O)(O)CCCCCCCCCCC. The summed E-state index contributed by atoms with van der Waals surface area (Å²) < 4.78 is 22.4. The first kappa shape index (κ1) is 25.3. The van der Waals surface area contributed by atoms with Gasteiger partial charge in [0.15, 0.2) is 0 Å². The molecule has 0 spiro atoms. The first-order valence-corrected chi connectivity index (χ1v) is 15.7. The number of rotatable bonds is 20. The van der Waals surface area contributed by atoms with Crippen molar-refractivity contribution in [2.24, 2.45) is 0 Å². The van der Waals surface area contributed by atoms with Gasteiger partial charge in [-0.05, 0) is 0 Å². The van der Waals surface area contributed by atoms with Crippen LogP contribution in [0.15, 0.2) is 0 Å². The number of unbranched alkanes of at least 4 members (excludes halogenated alkanes) is 16. The van der Waals surface area contributed by atoms with Gasteiger partial charge in [-0.15, -0.1) is 0 Å². The average Bonchev–Trinajstić information content (AvgIpc) is 2.59. The van der Waals surface area contributed by atoms with Gasteiger partial charge in [0, 0.05) is 0 Å². The molecule has 0 saturated heterocycles. The average molecular weight is 419 g/mol. The molecule has 0 aromatic rings. The molecule has 0 saturated carbocycles. The van der Waals surface area contributed by atoms with E-state index in [1.165, 1.54) is 89.9 Å². The van der Waals surface area contributed by atoms with Crippen molar-refractivity contribution in [1.29, 1.82) is 0 Å². The Labute approximate surface area is 161 Å². The third kappa shape index (κ3) is 20.5. The van der Waals surface area contributed by atoms with Gasteiger partial charge in [-0.1, -0.05) is 0 Å². The number of hydrogen-bond donors (Lipinski definition) is 1. The van der Waals surface area contributed by atoms with E-state index in [2.05, 4.69) is 13.8 Å². The van der Waals surface area contributed by atoms with Crippen molar-refractivity contribution in [3.05, 3.63) is 0 Å². The van der Waals surface area contributed by atoms with E-state index in [4.69, 9.17) is 0 Å². The summed E-state index contributed by atoms with van der Waals surface area (Å²) >= 11 is -3.47. The van der Waals surface area contributed by atoms with Crippen molar-refractivity contribution in [3.63, 3.8) is 0 Å². The molecule has 152 valence electrons. The van der Waals surface area contributed by atoms with Crippen LogP contribution in [0.5, 0.6) is 0 Å². The van der Waals surface area contributed by atoms with Crippen molar-refractivity contribution < 1.29 is 7.84 Å². The van der Waals surface area contributed by atoms with Crippen LogP contribution in [-0.2, 0) is 3.74 Å². The molecular weight excluding hydrogens is 371 g/mol. The van der Waals surface area contributed by atoms with Crippen LogP contribution in [-0.4, -0.2) is 17.9 Å². The third-order valence-electron chi connectivity index (χ3n) is 5.22. The van der Waals surface area contributed by atoms with Crippen molar-refractivity contribution in [1.82, 2.24) is 0 Å². The Bertz CT molecular complexity index is 278. The Hall–Kier alpha value is 0.318. The maximum absolute atomic E-state index is 12.2. The number of hydrogen-bond acceptors (Lipinski definition) is 1. The van der Waals surface area contributed by atoms with E-state index in [0.29, 0.717) is 10.4 Å². The summed E-state index contributed by atoms with van der Waals surface area (Å²) in [7, 11) is 0. The van der Waals surface area contributed by atoms with Crippen LogP contribution in [0.25, 0.3) is 0 Å². The molecule has 0 radical (unpaired) electrons. The van der Waals surface area contributed by atoms with E-state index < -0.39 is 13.8 Å². The van der Waals surface area contributed by atoms with Gasteiger partial charge in [-0.25, -0.2) is 0 Å². The second kappa shape index (κ2) is 19.1. The van der Waals surface area contributed by atoms with Crippen LogP contribution >= 0.6 is 0 Å². The molecule has 0 unspecified atom stereocenters. The van der Waals surface area contributed by atoms with E-state index in [-0.39, 0.29) is 0 Å². The molecule has 0 aliphatic heterocycles. The van der Waals surface area contributed by atoms with Crippen molar-refractivity contribution in [2.45, 2.75) is 140 Å². The first-order chi connectivity index (χ1) is 12.1. The van der Waals surface area contributed by atoms with Crippen LogP contribution in [0.4, 0.5) is 0 Å². The molecule has 0 amide bonds. The van der Waals surface area contributed by atoms with E-state index >= 15 is 0 Å². The summed E-state index contributed by atoms with van der Waals surface area (Å²) in [6, 6.07) is 0. The fraction of sp³-hybridized carbons (Fsp3) is 1.00. The van der Waals surface area contributed by atoms with Gasteiger partial charge in [0.2, 0.25) is 0 Å². The summed E-state index contributed by atoms with van der Waals surface area (Å²) in [5.41, 5.74) is 0. The molecule has 0 atom stereocenters. The summed E-state index contributed by atoms with van der Waals surface area (Å²) in [6.45, 7) is 4.51. The molecule has 0 heterocycles. The Morgan fingerprint density at radius 3 is 1.00 bits per heavy atom. The zero-order valence-electron chi connectivity index (χ0n) is 17.4. The Morgan fingerprint density at radius 1 is 0.480 bits per heavy atom. The molecule has 0 rings (SSSR count). The van der Waals surface area contributed by atoms with Crippen LogP contribution in [0.2, 0.25) is 10.4 Å². The molecule has 0 aromatic heterocycles. The van der Waals surface area contributed by atoms with Gasteiger partial charge in [-0.2, -0.15) is 0 Å². The molecule has 0 bridgehead atoms. The van der Waals surface area contributed by atoms with Crippen molar-refractivity contribution >= 4 is 13.8 Å². The Kier molecular flexibility index (Phi) is 19.3. The van der Waals surface area contributed by atoms with Crippen LogP contribution in [0.1, 0.15) is 129 Å². The van der Waals surface area contributed by atoms with Crippen LogP contribution in [0, 0.1) is 0 Å². The van der Waals surface area contributed by atoms with Crippen LogP contribution < -0.4 is 0 Å². The predicted octanol–water partition coefficient (Wildman–Crippen LogP) is 7.91. The zero-order chi connectivity index (χ0) is 18.6. The van der Waals surface area contributed by atoms with Gasteiger partial charge in [0.05, 0.1) is 0 Å². The zero-order valence-corrected chi connectivity index (χ0v) is 19.3. The predicted molar refractivity (Wildman–Crippen MR) is 113 cm³/mol. The summed E-state index contributed by atoms with van der Waals surface area (Å²) in [5.74, 6) is 0. The fourth-order valence-electron chi connectivity index (χ4n) is 3.45. The van der Waals surface area contributed by atoms with Gasteiger partial charge < -0.3 is 0 Å². The topological polar surface area (TPSA) is 37.3 Å². The molecule has 0 fully saturated rings. The standard InChI is InChI=1S/C22H47AsO2/c1-3-5-7-9-11-13-15-17-19-21-23(24,25)22-20-18-16-14-12-10-8-6-4-2/h3-22H2,1-2H3,(H,24,25). The molecule has 1 N–H and O–H groups in total. The minimum atomic E-state index is -3.47. The molecule has 3 heteroatoms. The second-order valence-corrected chi connectivity index (χ2v) is 13.4. The minimum absolute atomic E-state index is 0.616.